The second kappa shape index (κ2) is 5.39. The van der Waals surface area contributed by atoms with E-state index in [0.29, 0.717) is 30.3 Å². The van der Waals surface area contributed by atoms with Crippen molar-refractivity contribution in [1.82, 2.24) is 10.2 Å². The number of rotatable bonds is 4. The van der Waals surface area contributed by atoms with Crippen LogP contribution in [0, 0.1) is 17.8 Å². The minimum absolute atomic E-state index is 0.00407. The normalized spacial score (nSPS) is 31.9. The molecule has 6 heteroatoms. The number of carbonyl (C=O) groups is 1. The van der Waals surface area contributed by atoms with Gasteiger partial charge in [-0.2, -0.15) is 0 Å². The molecule has 0 bridgehead atoms. The first-order valence-corrected chi connectivity index (χ1v) is 10.6. The molecule has 1 aliphatic heterocycles. The Morgan fingerprint density at radius 3 is 2.18 bits per heavy atom. The first kappa shape index (κ1) is 14.8. The Morgan fingerprint density at radius 1 is 1.05 bits per heavy atom. The van der Waals surface area contributed by atoms with Gasteiger partial charge >= 0.3 is 6.03 Å². The van der Waals surface area contributed by atoms with Crippen LogP contribution in [-0.4, -0.2) is 49.5 Å². The molecule has 2 amide bonds. The lowest BCUT2D eigenvalue weighted by atomic mass is 9.79. The minimum Gasteiger partial charge on any atom is -0.335 e. The number of nitrogens with zero attached hydrogens (tertiary/aromatic N) is 1. The van der Waals surface area contributed by atoms with E-state index in [-0.39, 0.29) is 23.6 Å². The summed E-state index contributed by atoms with van der Waals surface area (Å²) in [6, 6.07) is 0.246. The minimum atomic E-state index is -2.98. The van der Waals surface area contributed by atoms with Gasteiger partial charge in [0.05, 0.1) is 17.5 Å². The number of hydrogen-bond donors (Lipinski definition) is 1. The zero-order valence-electron chi connectivity index (χ0n) is 13.0. The van der Waals surface area contributed by atoms with Crippen LogP contribution in [0.3, 0.4) is 0 Å². The zero-order valence-corrected chi connectivity index (χ0v) is 13.9. The van der Waals surface area contributed by atoms with Crippen LogP contribution < -0.4 is 5.32 Å². The van der Waals surface area contributed by atoms with Crippen molar-refractivity contribution < 1.29 is 13.2 Å². The Labute approximate surface area is 132 Å². The van der Waals surface area contributed by atoms with Crippen molar-refractivity contribution in [3.05, 3.63) is 0 Å². The highest BCUT2D eigenvalue weighted by Crippen LogP contribution is 2.44. The van der Waals surface area contributed by atoms with Gasteiger partial charge in [-0.05, 0) is 56.3 Å². The predicted molar refractivity (Wildman–Crippen MR) is 84.3 cm³/mol. The third kappa shape index (κ3) is 2.99. The summed E-state index contributed by atoms with van der Waals surface area (Å²) in [6.07, 6.45) is 8.26. The maximum atomic E-state index is 12.8. The molecule has 1 saturated heterocycles. The van der Waals surface area contributed by atoms with E-state index in [9.17, 15) is 13.2 Å². The molecule has 0 aromatic heterocycles. The Morgan fingerprint density at radius 2 is 1.68 bits per heavy atom. The van der Waals surface area contributed by atoms with Gasteiger partial charge in [0.1, 0.15) is 0 Å². The summed E-state index contributed by atoms with van der Waals surface area (Å²) in [4.78, 5) is 14.6. The van der Waals surface area contributed by atoms with Crippen molar-refractivity contribution >= 4 is 15.9 Å². The number of nitrogens with one attached hydrogen (secondary N) is 1. The predicted octanol–water partition coefficient (Wildman–Crippen LogP) is 1.78. The van der Waals surface area contributed by atoms with E-state index >= 15 is 0 Å². The number of amides is 2. The molecule has 1 unspecified atom stereocenters. The van der Waals surface area contributed by atoms with Gasteiger partial charge in [-0.25, -0.2) is 13.2 Å². The van der Waals surface area contributed by atoms with Gasteiger partial charge in [-0.1, -0.05) is 6.42 Å². The van der Waals surface area contributed by atoms with Crippen LogP contribution in [0.4, 0.5) is 4.79 Å². The second-order valence-electron chi connectivity index (χ2n) is 7.72. The van der Waals surface area contributed by atoms with Crippen molar-refractivity contribution in [2.24, 2.45) is 17.8 Å². The van der Waals surface area contributed by atoms with Gasteiger partial charge in [0.25, 0.3) is 0 Å². The van der Waals surface area contributed by atoms with Gasteiger partial charge in [0.2, 0.25) is 0 Å². The Balaban J connectivity index is 1.45. The molecule has 0 aromatic carbocycles. The molecular weight excluding hydrogens is 300 g/mol. The fourth-order valence-electron chi connectivity index (χ4n) is 4.06. The standard InChI is InChI=1S/C16H26N2O3S/c19-16(17-15(12-4-5-12)13-6-7-13)18-8-9-22(20,21)10-14(18)11-2-1-3-11/h11-15H,1-10H2,(H,17,19). The molecule has 1 heterocycles. The number of urea groups is 1. The fourth-order valence-corrected chi connectivity index (χ4v) is 5.67. The molecule has 4 aliphatic rings. The maximum Gasteiger partial charge on any atom is 0.317 e. The van der Waals surface area contributed by atoms with E-state index in [0.717, 1.165) is 12.8 Å². The quantitative estimate of drug-likeness (QED) is 0.856. The van der Waals surface area contributed by atoms with Crippen LogP contribution in [0.1, 0.15) is 44.9 Å². The smallest absolute Gasteiger partial charge is 0.317 e. The Kier molecular flexibility index (Phi) is 3.62. The van der Waals surface area contributed by atoms with Crippen molar-refractivity contribution in [3.8, 4) is 0 Å². The molecule has 4 rings (SSSR count). The van der Waals surface area contributed by atoms with Crippen LogP contribution in [0.25, 0.3) is 0 Å². The van der Waals surface area contributed by atoms with E-state index in [1.54, 1.807) is 0 Å². The monoisotopic (exact) mass is 326 g/mol. The zero-order chi connectivity index (χ0) is 15.3. The highest BCUT2D eigenvalue weighted by molar-refractivity contribution is 7.91. The molecular formula is C16H26N2O3S. The van der Waals surface area contributed by atoms with Crippen molar-refractivity contribution in [1.29, 1.82) is 0 Å². The number of hydrogen-bond acceptors (Lipinski definition) is 3. The van der Waals surface area contributed by atoms with Crippen molar-refractivity contribution in [2.75, 3.05) is 18.1 Å². The number of carbonyl (C=O) groups excluding carboxylic acids is 1. The van der Waals surface area contributed by atoms with Crippen LogP contribution in [0.2, 0.25) is 0 Å². The summed E-state index contributed by atoms with van der Waals surface area (Å²) in [5.41, 5.74) is 0. The summed E-state index contributed by atoms with van der Waals surface area (Å²) < 4.78 is 23.9. The summed E-state index contributed by atoms with van der Waals surface area (Å²) >= 11 is 0. The van der Waals surface area contributed by atoms with Gasteiger partial charge in [-0.15, -0.1) is 0 Å². The van der Waals surface area contributed by atoms with Gasteiger partial charge in [0, 0.05) is 12.6 Å². The average Bonchev–Trinajstić information content (AvgIpc) is 3.24. The lowest BCUT2D eigenvalue weighted by Gasteiger charge is -2.43. The summed E-state index contributed by atoms with van der Waals surface area (Å²) in [5, 5.41) is 3.26. The van der Waals surface area contributed by atoms with Crippen LogP contribution in [-0.2, 0) is 9.84 Å². The van der Waals surface area contributed by atoms with E-state index in [4.69, 9.17) is 0 Å². The summed E-state index contributed by atoms with van der Waals surface area (Å²) in [6.45, 7) is 0.372. The first-order valence-electron chi connectivity index (χ1n) is 8.81. The molecule has 0 aromatic rings. The van der Waals surface area contributed by atoms with Crippen molar-refractivity contribution in [3.63, 3.8) is 0 Å². The maximum absolute atomic E-state index is 12.8. The van der Waals surface area contributed by atoms with E-state index in [1.807, 2.05) is 4.90 Å². The molecule has 22 heavy (non-hydrogen) atoms. The molecule has 4 fully saturated rings. The molecule has 3 saturated carbocycles. The molecule has 5 nitrogen and oxygen atoms in total. The van der Waals surface area contributed by atoms with Gasteiger partial charge in [0.15, 0.2) is 9.84 Å². The fraction of sp³-hybridized carbons (Fsp3) is 0.938. The third-order valence-electron chi connectivity index (χ3n) is 5.97. The van der Waals surface area contributed by atoms with E-state index in [1.165, 1.54) is 32.1 Å². The molecule has 0 radical (unpaired) electrons. The molecule has 1 N–H and O–H groups in total. The van der Waals surface area contributed by atoms with Crippen molar-refractivity contribution in [2.45, 2.75) is 57.0 Å². The first-order chi connectivity index (χ1) is 10.5. The molecule has 1 atom stereocenters. The SMILES string of the molecule is O=C(NC(C1CC1)C1CC1)N1CCS(=O)(=O)CC1C1CCC1. The number of sulfone groups is 1. The largest absolute Gasteiger partial charge is 0.335 e. The lowest BCUT2D eigenvalue weighted by molar-refractivity contribution is 0.120. The lowest BCUT2D eigenvalue weighted by Crippen LogP contribution is -2.59. The van der Waals surface area contributed by atoms with Crippen LogP contribution in [0.5, 0.6) is 0 Å². The average molecular weight is 326 g/mol. The topological polar surface area (TPSA) is 66.5 Å². The van der Waals surface area contributed by atoms with Crippen LogP contribution in [0.15, 0.2) is 0 Å². The highest BCUT2D eigenvalue weighted by atomic mass is 32.2. The highest BCUT2D eigenvalue weighted by Gasteiger charge is 2.45. The summed E-state index contributed by atoms with van der Waals surface area (Å²) in [7, 11) is -2.98. The second-order valence-corrected chi connectivity index (χ2v) is 9.94. The Bertz CT molecular complexity index is 538. The third-order valence-corrected chi connectivity index (χ3v) is 7.63. The van der Waals surface area contributed by atoms with E-state index in [2.05, 4.69) is 5.32 Å². The molecule has 124 valence electrons. The van der Waals surface area contributed by atoms with Crippen LogP contribution >= 0.6 is 0 Å². The van der Waals surface area contributed by atoms with Gasteiger partial charge < -0.3 is 10.2 Å². The molecule has 0 spiro atoms. The summed E-state index contributed by atoms with van der Waals surface area (Å²) in [5.74, 6) is 2.03. The van der Waals surface area contributed by atoms with Gasteiger partial charge in [-0.3, -0.25) is 0 Å². The Hall–Kier alpha value is -0.780. The van der Waals surface area contributed by atoms with E-state index < -0.39 is 9.84 Å². The molecule has 3 aliphatic carbocycles.